The van der Waals surface area contributed by atoms with Crippen molar-refractivity contribution in [2.24, 2.45) is 5.92 Å². The summed E-state index contributed by atoms with van der Waals surface area (Å²) in [7, 11) is 1.49. The molecule has 1 spiro atoms. The second-order valence-electron chi connectivity index (χ2n) is 13.6. The molecular weight excluding hydrogens is 564 g/mol. The quantitative estimate of drug-likeness (QED) is 0.409. The highest BCUT2D eigenvalue weighted by atomic mass is 16.6. The highest BCUT2D eigenvalue weighted by Crippen LogP contribution is 2.59. The van der Waals surface area contributed by atoms with Crippen molar-refractivity contribution in [3.8, 4) is 0 Å². The molecule has 1 aromatic carbocycles. The van der Waals surface area contributed by atoms with Crippen LogP contribution in [0.4, 0.5) is 4.79 Å². The Hall–Kier alpha value is -3.76. The molecule has 0 radical (unpaired) electrons. The average molecular weight is 611 g/mol. The Labute approximate surface area is 259 Å². The van der Waals surface area contributed by atoms with Crippen LogP contribution in [0.3, 0.4) is 0 Å². The predicted molar refractivity (Wildman–Crippen MR) is 162 cm³/mol. The maximum absolute atomic E-state index is 14.1. The second-order valence-corrected chi connectivity index (χ2v) is 13.6. The van der Waals surface area contributed by atoms with Crippen LogP contribution >= 0.6 is 0 Å². The standard InChI is InChI=1S/C33H46N4O7/c1-19(36(7)31(43)44-32(4,5)6)28(40)35-25-13-9-12-24-17-33(24)15-14-26(37(33)30(25)42)29(41)34-18-22-10-8-11-23(16-22)27(20(2)38)21(3)39/h8,10-11,16,19,24-27H,9,12-15,17-18H2,1-7H3,(H,34,41)(H,35,40)/t19-,24-,25-,26-,33?/m0/s1. The third-order valence-electron chi connectivity index (χ3n) is 9.25. The van der Waals surface area contributed by atoms with Crippen LogP contribution in [-0.2, 0) is 35.3 Å². The average Bonchev–Trinajstić information content (AvgIpc) is 3.47. The van der Waals surface area contributed by atoms with Crippen molar-refractivity contribution >= 4 is 35.4 Å². The van der Waals surface area contributed by atoms with E-state index >= 15 is 0 Å². The smallest absolute Gasteiger partial charge is 0.410 e. The predicted octanol–water partition coefficient (Wildman–Crippen LogP) is 3.24. The Morgan fingerprint density at radius 1 is 1.09 bits per heavy atom. The minimum Gasteiger partial charge on any atom is -0.444 e. The summed E-state index contributed by atoms with van der Waals surface area (Å²) in [5.41, 5.74) is 0.248. The lowest BCUT2D eigenvalue weighted by atomic mass is 9.91. The number of Topliss-reactive ketones (excluding diaryl/α,β-unsaturated/α-hetero) is 2. The van der Waals surface area contributed by atoms with Gasteiger partial charge >= 0.3 is 6.09 Å². The van der Waals surface area contributed by atoms with Crippen molar-refractivity contribution in [1.82, 2.24) is 20.4 Å². The lowest BCUT2D eigenvalue weighted by molar-refractivity contribution is -0.145. The number of hydrogen-bond donors (Lipinski definition) is 2. The van der Waals surface area contributed by atoms with Crippen LogP contribution in [0.15, 0.2) is 24.3 Å². The van der Waals surface area contributed by atoms with Gasteiger partial charge in [0.2, 0.25) is 17.7 Å². The van der Waals surface area contributed by atoms with Crippen LogP contribution in [0, 0.1) is 5.92 Å². The Morgan fingerprint density at radius 3 is 2.41 bits per heavy atom. The molecule has 5 atom stereocenters. The number of amides is 4. The molecule has 1 aliphatic carbocycles. The number of nitrogens with one attached hydrogen (secondary N) is 2. The number of carbonyl (C=O) groups excluding carboxylic acids is 6. The Bertz CT molecular complexity index is 1320. The first kappa shape index (κ1) is 33.1. The van der Waals surface area contributed by atoms with Gasteiger partial charge in [-0.25, -0.2) is 4.79 Å². The van der Waals surface area contributed by atoms with Crippen molar-refractivity contribution in [3.05, 3.63) is 35.4 Å². The van der Waals surface area contributed by atoms with E-state index in [4.69, 9.17) is 4.74 Å². The number of hydrogen-bond acceptors (Lipinski definition) is 7. The van der Waals surface area contributed by atoms with Crippen LogP contribution in [0.2, 0.25) is 0 Å². The fourth-order valence-electron chi connectivity index (χ4n) is 6.81. The van der Waals surface area contributed by atoms with Gasteiger partial charge < -0.3 is 20.3 Å². The molecule has 0 bridgehead atoms. The number of ketones is 2. The number of nitrogens with zero attached hydrogens (tertiary/aromatic N) is 2. The molecule has 4 amide bonds. The molecule has 2 N–H and O–H groups in total. The van der Waals surface area contributed by atoms with E-state index in [1.165, 1.54) is 25.8 Å². The van der Waals surface area contributed by atoms with Crippen molar-refractivity contribution in [2.45, 2.75) is 122 Å². The fraction of sp³-hybridized carbons (Fsp3) is 0.636. The number of likely N-dealkylation sites (N-methyl/N-ethyl adjacent to an activating group) is 1. The van der Waals surface area contributed by atoms with Gasteiger partial charge in [0.05, 0.1) is 0 Å². The first-order chi connectivity index (χ1) is 20.6. The van der Waals surface area contributed by atoms with E-state index in [9.17, 15) is 28.8 Å². The van der Waals surface area contributed by atoms with E-state index in [2.05, 4.69) is 10.6 Å². The molecule has 240 valence electrons. The van der Waals surface area contributed by atoms with Gasteiger partial charge in [-0.1, -0.05) is 30.7 Å². The summed E-state index contributed by atoms with van der Waals surface area (Å²) in [5, 5.41) is 5.83. The van der Waals surface area contributed by atoms with Crippen molar-refractivity contribution in [2.75, 3.05) is 7.05 Å². The second kappa shape index (κ2) is 12.7. The lowest BCUT2D eigenvalue weighted by Crippen LogP contribution is -2.59. The van der Waals surface area contributed by atoms with Crippen LogP contribution < -0.4 is 10.6 Å². The summed E-state index contributed by atoms with van der Waals surface area (Å²) in [4.78, 5) is 80.4. The van der Waals surface area contributed by atoms with Crippen molar-refractivity contribution in [1.29, 1.82) is 0 Å². The molecule has 2 aliphatic heterocycles. The van der Waals surface area contributed by atoms with Gasteiger partial charge in [0.25, 0.3) is 0 Å². The van der Waals surface area contributed by atoms with Gasteiger partial charge in [0, 0.05) is 19.1 Å². The van der Waals surface area contributed by atoms with E-state index < -0.39 is 41.6 Å². The van der Waals surface area contributed by atoms with E-state index in [0.29, 0.717) is 24.3 Å². The molecule has 1 unspecified atom stereocenters. The normalized spacial score (nSPS) is 25.1. The van der Waals surface area contributed by atoms with Crippen LogP contribution in [0.5, 0.6) is 0 Å². The van der Waals surface area contributed by atoms with Crippen LogP contribution in [0.1, 0.15) is 97.1 Å². The Balaban J connectivity index is 1.45. The van der Waals surface area contributed by atoms with Crippen molar-refractivity contribution in [3.63, 3.8) is 0 Å². The zero-order chi connectivity index (χ0) is 32.6. The molecule has 3 fully saturated rings. The fourth-order valence-corrected chi connectivity index (χ4v) is 6.81. The summed E-state index contributed by atoms with van der Waals surface area (Å²) in [6.07, 6.45) is 3.62. The largest absolute Gasteiger partial charge is 0.444 e. The van der Waals surface area contributed by atoms with Crippen molar-refractivity contribution < 1.29 is 33.5 Å². The molecule has 11 heteroatoms. The monoisotopic (exact) mass is 610 g/mol. The zero-order valence-electron chi connectivity index (χ0n) is 26.9. The lowest BCUT2D eigenvalue weighted by Gasteiger charge is -2.36. The number of carbonyl (C=O) groups is 6. The van der Waals surface area contributed by atoms with Gasteiger partial charge in [0.15, 0.2) is 0 Å². The van der Waals surface area contributed by atoms with E-state index in [1.54, 1.807) is 50.8 Å². The molecule has 3 aliphatic rings. The maximum atomic E-state index is 14.1. The molecule has 0 aromatic heterocycles. The summed E-state index contributed by atoms with van der Waals surface area (Å²) in [6.45, 7) is 9.77. The number of rotatable bonds is 9. The van der Waals surface area contributed by atoms with E-state index in [1.807, 2.05) is 6.07 Å². The summed E-state index contributed by atoms with van der Waals surface area (Å²) < 4.78 is 5.39. The zero-order valence-corrected chi connectivity index (χ0v) is 26.9. The highest BCUT2D eigenvalue weighted by molar-refractivity contribution is 6.05. The van der Waals surface area contributed by atoms with E-state index in [0.717, 1.165) is 31.2 Å². The molecule has 1 aromatic rings. The molecule has 2 saturated heterocycles. The highest BCUT2D eigenvalue weighted by Gasteiger charge is 2.65. The van der Waals surface area contributed by atoms with Gasteiger partial charge in [-0.3, -0.25) is 28.9 Å². The molecule has 1 saturated carbocycles. The van der Waals surface area contributed by atoms with Gasteiger partial charge in [-0.05, 0) is 90.7 Å². The van der Waals surface area contributed by atoms with Crippen LogP contribution in [-0.4, -0.2) is 81.5 Å². The molecule has 4 rings (SSSR count). The third kappa shape index (κ3) is 6.97. The minimum absolute atomic E-state index is 0.179. The SMILES string of the molecule is CC(=O)C(C(C)=O)c1cccc(CNC(=O)[C@@H]2CCC34C[C@@H]3CCC[C@H](NC(=O)[C@H](C)N(C)C(=O)OC(C)(C)C)C(=O)N24)c1. The van der Waals surface area contributed by atoms with E-state index in [-0.39, 0.29) is 35.5 Å². The Kier molecular flexibility index (Phi) is 9.56. The van der Waals surface area contributed by atoms with Gasteiger partial charge in [0.1, 0.15) is 41.2 Å². The minimum atomic E-state index is -0.871. The number of ether oxygens (including phenoxy) is 1. The summed E-state index contributed by atoms with van der Waals surface area (Å²) in [6, 6.07) is 4.70. The first-order valence-electron chi connectivity index (χ1n) is 15.5. The third-order valence-corrected chi connectivity index (χ3v) is 9.25. The summed E-state index contributed by atoms with van der Waals surface area (Å²) >= 11 is 0. The maximum Gasteiger partial charge on any atom is 0.410 e. The topological polar surface area (TPSA) is 142 Å². The number of benzene rings is 1. The molecule has 2 heterocycles. The van der Waals surface area contributed by atoms with Gasteiger partial charge in [-0.15, -0.1) is 0 Å². The molecular formula is C33H46N4O7. The molecule has 11 nitrogen and oxygen atoms in total. The first-order valence-corrected chi connectivity index (χ1v) is 15.5. The van der Waals surface area contributed by atoms with Gasteiger partial charge in [-0.2, -0.15) is 0 Å². The molecule has 44 heavy (non-hydrogen) atoms. The Morgan fingerprint density at radius 2 is 1.77 bits per heavy atom. The van der Waals surface area contributed by atoms with Crippen LogP contribution in [0.25, 0.3) is 0 Å². The summed E-state index contributed by atoms with van der Waals surface area (Å²) in [5.74, 6) is -1.99.